The van der Waals surface area contributed by atoms with E-state index in [2.05, 4.69) is 0 Å². The standard InChI is InChI=1S/C17H24O11/c1-25-15(24)8-5-26-16(11-6(8)2-9(20)7(11)3-18)28-17-14(23)13(22)12(21)10(4-19)27-17/h5-6,9-10,12-14,16-23H,2-4H2,1H3/t6?,9-,10+,12+,13-,14+,16-,17-/m1/s1. The molecule has 0 aromatic heterocycles. The lowest BCUT2D eigenvalue weighted by atomic mass is 9.90. The van der Waals surface area contributed by atoms with Gasteiger partial charge < -0.3 is 49.6 Å². The van der Waals surface area contributed by atoms with Crippen LogP contribution >= 0.6 is 0 Å². The van der Waals surface area contributed by atoms with Crippen molar-refractivity contribution >= 4 is 5.97 Å². The number of carbonyl (C=O) groups is 1. The maximum Gasteiger partial charge on any atom is 0.337 e. The molecule has 11 nitrogen and oxygen atoms in total. The summed E-state index contributed by atoms with van der Waals surface area (Å²) >= 11 is 0. The fourth-order valence-corrected chi connectivity index (χ4v) is 3.72. The quantitative estimate of drug-likeness (QED) is 0.202. The number of carbonyl (C=O) groups excluding carboxylic acids is 1. The molecule has 1 unspecified atom stereocenters. The first-order valence-corrected chi connectivity index (χ1v) is 8.75. The molecule has 0 saturated carbocycles. The smallest absolute Gasteiger partial charge is 0.337 e. The molecule has 0 spiro atoms. The molecule has 11 heteroatoms. The van der Waals surface area contributed by atoms with Crippen LogP contribution in [0.25, 0.3) is 0 Å². The molecular formula is C17H24O11. The van der Waals surface area contributed by atoms with E-state index in [0.29, 0.717) is 0 Å². The Morgan fingerprint density at radius 2 is 1.89 bits per heavy atom. The van der Waals surface area contributed by atoms with Gasteiger partial charge in [0.15, 0.2) is 6.29 Å². The van der Waals surface area contributed by atoms with Gasteiger partial charge in [-0.05, 0) is 12.0 Å². The van der Waals surface area contributed by atoms with Crippen molar-refractivity contribution in [3.05, 3.63) is 23.0 Å². The maximum absolute atomic E-state index is 12.0. The Labute approximate surface area is 160 Å². The van der Waals surface area contributed by atoms with E-state index in [9.17, 15) is 35.4 Å². The summed E-state index contributed by atoms with van der Waals surface area (Å²) in [7, 11) is 1.20. The van der Waals surface area contributed by atoms with E-state index < -0.39 is 68.2 Å². The lowest BCUT2D eigenvalue weighted by Gasteiger charge is -2.41. The van der Waals surface area contributed by atoms with Crippen LogP contribution in [0.2, 0.25) is 0 Å². The third kappa shape index (κ3) is 3.55. The van der Waals surface area contributed by atoms with Crippen molar-refractivity contribution in [2.45, 2.75) is 49.5 Å². The number of esters is 1. The van der Waals surface area contributed by atoms with Crippen LogP contribution in [0.15, 0.2) is 23.0 Å². The van der Waals surface area contributed by atoms with Gasteiger partial charge in [-0.25, -0.2) is 4.79 Å². The molecule has 0 radical (unpaired) electrons. The van der Waals surface area contributed by atoms with Crippen LogP contribution in [0.3, 0.4) is 0 Å². The number of aliphatic hydroxyl groups excluding tert-OH is 6. The van der Waals surface area contributed by atoms with Gasteiger partial charge in [-0.15, -0.1) is 0 Å². The molecule has 0 bridgehead atoms. The Morgan fingerprint density at radius 3 is 2.50 bits per heavy atom. The third-order valence-corrected chi connectivity index (χ3v) is 5.25. The van der Waals surface area contributed by atoms with Crippen LogP contribution in [-0.2, 0) is 23.7 Å². The van der Waals surface area contributed by atoms with Crippen molar-refractivity contribution in [3.8, 4) is 0 Å². The maximum atomic E-state index is 12.0. The second-order valence-electron chi connectivity index (χ2n) is 6.81. The van der Waals surface area contributed by atoms with Gasteiger partial charge in [0.05, 0.1) is 38.3 Å². The van der Waals surface area contributed by atoms with Gasteiger partial charge in [-0.2, -0.15) is 0 Å². The molecule has 28 heavy (non-hydrogen) atoms. The fourth-order valence-electron chi connectivity index (χ4n) is 3.72. The summed E-state index contributed by atoms with van der Waals surface area (Å²) in [6.07, 6.45) is -8.59. The Bertz CT molecular complexity index is 657. The van der Waals surface area contributed by atoms with Gasteiger partial charge in [0.25, 0.3) is 0 Å². The van der Waals surface area contributed by atoms with E-state index in [4.69, 9.17) is 18.9 Å². The van der Waals surface area contributed by atoms with Gasteiger partial charge in [0.1, 0.15) is 24.4 Å². The number of ether oxygens (including phenoxy) is 4. The molecule has 6 N–H and O–H groups in total. The lowest BCUT2D eigenvalue weighted by Crippen LogP contribution is -2.60. The normalized spacial score (nSPS) is 40.6. The van der Waals surface area contributed by atoms with E-state index in [1.807, 2.05) is 0 Å². The van der Waals surface area contributed by atoms with Crippen molar-refractivity contribution in [2.75, 3.05) is 20.3 Å². The molecular weight excluding hydrogens is 380 g/mol. The van der Waals surface area contributed by atoms with E-state index >= 15 is 0 Å². The van der Waals surface area contributed by atoms with E-state index in [0.717, 1.165) is 6.26 Å². The first kappa shape index (κ1) is 21.1. The average Bonchev–Trinajstić information content (AvgIpc) is 3.04. The second-order valence-corrected chi connectivity index (χ2v) is 6.81. The summed E-state index contributed by atoms with van der Waals surface area (Å²) in [5.74, 6) is -1.31. The Hall–Kier alpha value is -1.57. The van der Waals surface area contributed by atoms with Gasteiger partial charge in [0.2, 0.25) is 6.29 Å². The van der Waals surface area contributed by atoms with Crippen molar-refractivity contribution in [1.29, 1.82) is 0 Å². The molecule has 2 aliphatic heterocycles. The van der Waals surface area contributed by atoms with Crippen LogP contribution in [0.1, 0.15) is 6.42 Å². The predicted molar refractivity (Wildman–Crippen MR) is 88.0 cm³/mol. The summed E-state index contributed by atoms with van der Waals surface area (Å²) in [5.41, 5.74) is 0.623. The van der Waals surface area contributed by atoms with Crippen LogP contribution in [-0.4, -0.2) is 100 Å². The highest BCUT2D eigenvalue weighted by Gasteiger charge is 2.49. The second kappa shape index (κ2) is 8.43. The Balaban J connectivity index is 1.88. The van der Waals surface area contributed by atoms with E-state index in [-0.39, 0.29) is 23.1 Å². The lowest BCUT2D eigenvalue weighted by molar-refractivity contribution is -0.327. The van der Waals surface area contributed by atoms with Gasteiger partial charge in [-0.3, -0.25) is 0 Å². The molecule has 0 amide bonds. The summed E-state index contributed by atoms with van der Waals surface area (Å²) in [4.78, 5) is 12.0. The summed E-state index contributed by atoms with van der Waals surface area (Å²) < 4.78 is 21.0. The van der Waals surface area contributed by atoms with Gasteiger partial charge >= 0.3 is 5.97 Å². The van der Waals surface area contributed by atoms with E-state index in [1.165, 1.54) is 7.11 Å². The highest BCUT2D eigenvalue weighted by Crippen LogP contribution is 2.44. The zero-order valence-electron chi connectivity index (χ0n) is 15.0. The summed E-state index contributed by atoms with van der Waals surface area (Å²) in [6.45, 7) is -1.14. The molecule has 2 heterocycles. The van der Waals surface area contributed by atoms with Crippen molar-refractivity contribution in [3.63, 3.8) is 0 Å². The molecule has 8 atom stereocenters. The molecule has 158 valence electrons. The van der Waals surface area contributed by atoms with Gasteiger partial charge in [-0.1, -0.05) is 0 Å². The minimum atomic E-state index is -1.66. The number of methoxy groups -OCH3 is 1. The first-order chi connectivity index (χ1) is 13.3. The molecule has 0 aromatic rings. The van der Waals surface area contributed by atoms with Crippen molar-refractivity contribution in [2.24, 2.45) is 5.92 Å². The number of fused-ring (bicyclic) bond motifs is 1. The Morgan fingerprint density at radius 1 is 1.18 bits per heavy atom. The van der Waals surface area contributed by atoms with Crippen LogP contribution in [0.4, 0.5) is 0 Å². The van der Waals surface area contributed by atoms with Crippen molar-refractivity contribution < 1.29 is 54.4 Å². The molecule has 3 rings (SSSR count). The summed E-state index contributed by atoms with van der Waals surface area (Å²) in [6, 6.07) is 0. The zero-order valence-corrected chi connectivity index (χ0v) is 15.0. The van der Waals surface area contributed by atoms with E-state index in [1.54, 1.807) is 0 Å². The molecule has 1 fully saturated rings. The summed E-state index contributed by atoms with van der Waals surface area (Å²) in [5, 5.41) is 59.0. The topological polar surface area (TPSA) is 175 Å². The highest BCUT2D eigenvalue weighted by atomic mass is 16.8. The zero-order chi connectivity index (χ0) is 20.6. The van der Waals surface area contributed by atoms with Crippen molar-refractivity contribution in [1.82, 2.24) is 0 Å². The third-order valence-electron chi connectivity index (χ3n) is 5.25. The number of hydrogen-bond donors (Lipinski definition) is 6. The van der Waals surface area contributed by atoms with Crippen LogP contribution in [0, 0.1) is 5.92 Å². The predicted octanol–water partition coefficient (Wildman–Crippen LogP) is -3.11. The highest BCUT2D eigenvalue weighted by molar-refractivity contribution is 5.90. The average molecular weight is 404 g/mol. The molecule has 3 aliphatic rings. The minimum absolute atomic E-state index is 0.101. The Kier molecular flexibility index (Phi) is 6.37. The monoisotopic (exact) mass is 404 g/mol. The number of hydrogen-bond acceptors (Lipinski definition) is 11. The number of rotatable bonds is 5. The van der Waals surface area contributed by atoms with Gasteiger partial charge in [0, 0.05) is 11.5 Å². The fraction of sp³-hybridized carbons (Fsp3) is 0.706. The van der Waals surface area contributed by atoms with Crippen LogP contribution < -0.4 is 0 Å². The SMILES string of the molecule is COC(=O)C1=CO[C@H](O[C@H]2O[C@@H](CO)[C@H](O)[C@@H](O)[C@@H]2O)C2=C(CO)[C@H](O)CC12. The molecule has 1 aliphatic carbocycles. The van der Waals surface area contributed by atoms with Crippen LogP contribution in [0.5, 0.6) is 0 Å². The minimum Gasteiger partial charge on any atom is -0.468 e. The first-order valence-electron chi connectivity index (χ1n) is 8.75. The molecule has 0 aromatic carbocycles. The number of aliphatic hydroxyl groups is 6. The largest absolute Gasteiger partial charge is 0.468 e. The molecule has 1 saturated heterocycles.